The monoisotopic (exact) mass is 556 g/mol. The van der Waals surface area contributed by atoms with Gasteiger partial charge in [-0.05, 0) is 52.0 Å². The molecule has 1 aliphatic heterocycles. The maximum atomic E-state index is 14.4. The summed E-state index contributed by atoms with van der Waals surface area (Å²) in [5, 5.41) is 15.2. The molecule has 3 N–H and O–H groups in total. The van der Waals surface area contributed by atoms with Crippen LogP contribution in [0.4, 0.5) is 13.2 Å². The van der Waals surface area contributed by atoms with E-state index in [2.05, 4.69) is 22.2 Å². The smallest absolute Gasteiger partial charge is 0.389 e. The van der Waals surface area contributed by atoms with Gasteiger partial charge in [0.25, 0.3) is 11.8 Å². The number of nitrogens with zero attached hydrogens (tertiary/aromatic N) is 2. The number of carbonyl (C=O) groups is 2. The van der Waals surface area contributed by atoms with Gasteiger partial charge < -0.3 is 20.6 Å². The third-order valence-electron chi connectivity index (χ3n) is 5.81. The first kappa shape index (κ1) is 31.6. The molecule has 1 aliphatic rings. The molecule has 1 fully saturated rings. The van der Waals surface area contributed by atoms with Gasteiger partial charge in [-0.25, -0.2) is 4.98 Å². The Morgan fingerprint density at radius 1 is 1.18 bits per heavy atom. The lowest BCUT2D eigenvalue weighted by Crippen LogP contribution is -2.38. The van der Waals surface area contributed by atoms with Crippen molar-refractivity contribution in [2.45, 2.75) is 79.1 Å². The second kappa shape index (κ2) is 12.0. The van der Waals surface area contributed by atoms with E-state index in [-0.39, 0.29) is 44.9 Å². The number of halogens is 3. The maximum Gasteiger partial charge on any atom is 0.417 e. The zero-order valence-corrected chi connectivity index (χ0v) is 24.0. The molecule has 1 atom stereocenters. The van der Waals surface area contributed by atoms with Crippen LogP contribution >= 0.6 is 11.3 Å². The van der Waals surface area contributed by atoms with Crippen LogP contribution in [0.3, 0.4) is 0 Å². The number of thiazole rings is 1. The minimum absolute atomic E-state index is 0.0443. The van der Waals surface area contributed by atoms with E-state index in [0.29, 0.717) is 24.4 Å². The molecule has 38 heavy (non-hydrogen) atoms. The van der Waals surface area contributed by atoms with Gasteiger partial charge in [0, 0.05) is 36.9 Å². The van der Waals surface area contributed by atoms with Crippen LogP contribution in [0, 0.1) is 5.41 Å². The number of nitrogens with one attached hydrogen (secondary N) is 2. The Labute approximate surface area is 226 Å². The molecule has 1 saturated heterocycles. The molecule has 1 unspecified atom stereocenters. The summed E-state index contributed by atoms with van der Waals surface area (Å²) < 4.78 is 43.2. The molecule has 212 valence electrons. The molecule has 0 radical (unpaired) electrons. The summed E-state index contributed by atoms with van der Waals surface area (Å²) in [6.45, 7) is 16.7. The Morgan fingerprint density at radius 2 is 1.82 bits per heavy atom. The van der Waals surface area contributed by atoms with Gasteiger partial charge in [-0.15, -0.1) is 11.3 Å². The summed E-state index contributed by atoms with van der Waals surface area (Å²) in [6.07, 6.45) is -1.04. The van der Waals surface area contributed by atoms with Crippen LogP contribution in [-0.2, 0) is 0 Å². The fraction of sp³-hybridized carbons (Fsp3) is 0.593. The lowest BCUT2D eigenvalue weighted by molar-refractivity contribution is -0.0871. The highest BCUT2D eigenvalue weighted by atomic mass is 32.1. The van der Waals surface area contributed by atoms with Crippen molar-refractivity contribution in [1.29, 1.82) is 0 Å². The molecule has 2 heterocycles. The van der Waals surface area contributed by atoms with Crippen LogP contribution in [0.1, 0.15) is 86.5 Å². The predicted molar refractivity (Wildman–Crippen MR) is 145 cm³/mol. The van der Waals surface area contributed by atoms with Crippen molar-refractivity contribution in [3.05, 3.63) is 45.6 Å². The van der Waals surface area contributed by atoms with Crippen LogP contribution in [-0.4, -0.2) is 64.3 Å². The second-order valence-corrected chi connectivity index (χ2v) is 12.4. The van der Waals surface area contributed by atoms with Crippen LogP contribution in [0.15, 0.2) is 30.0 Å². The van der Waals surface area contributed by atoms with Gasteiger partial charge in [-0.3, -0.25) is 9.59 Å². The quantitative estimate of drug-likeness (QED) is 0.359. The molecule has 2 amide bonds. The zero-order chi connectivity index (χ0) is 29.1. The largest absolute Gasteiger partial charge is 0.417 e. The van der Waals surface area contributed by atoms with Gasteiger partial charge in [0.1, 0.15) is 5.69 Å². The topological polar surface area (TPSA) is 94.6 Å². The molecule has 0 aliphatic carbocycles. The third-order valence-corrected chi connectivity index (χ3v) is 6.90. The first-order chi connectivity index (χ1) is 17.3. The fourth-order valence-electron chi connectivity index (χ4n) is 3.81. The number of hydrogen-bond acceptors (Lipinski definition) is 6. The molecule has 7 nitrogen and oxygen atoms in total. The highest BCUT2D eigenvalue weighted by Crippen LogP contribution is 2.41. The van der Waals surface area contributed by atoms with Crippen molar-refractivity contribution in [1.82, 2.24) is 20.5 Å². The average Bonchev–Trinajstić information content (AvgIpc) is 3.40. The van der Waals surface area contributed by atoms with E-state index < -0.39 is 29.2 Å². The molecule has 0 saturated carbocycles. The van der Waals surface area contributed by atoms with Crippen molar-refractivity contribution in [2.75, 3.05) is 19.6 Å². The second-order valence-electron chi connectivity index (χ2n) is 11.4. The summed E-state index contributed by atoms with van der Waals surface area (Å²) in [4.78, 5) is 32.1. The maximum absolute atomic E-state index is 14.4. The van der Waals surface area contributed by atoms with Gasteiger partial charge >= 0.3 is 6.18 Å². The van der Waals surface area contributed by atoms with E-state index in [9.17, 15) is 27.9 Å². The lowest BCUT2D eigenvalue weighted by Gasteiger charge is -2.22. The lowest BCUT2D eigenvalue weighted by atomic mass is 9.96. The van der Waals surface area contributed by atoms with Gasteiger partial charge in [0.05, 0.1) is 16.1 Å². The first-order valence-corrected chi connectivity index (χ1v) is 13.4. The van der Waals surface area contributed by atoms with Crippen molar-refractivity contribution >= 4 is 28.7 Å². The molecular formula is C27H39F3N4O3S. The van der Waals surface area contributed by atoms with Crippen LogP contribution in [0.2, 0.25) is 0 Å². The van der Waals surface area contributed by atoms with Crippen LogP contribution in [0.5, 0.6) is 0 Å². The SMILES string of the molecule is C=C(/C=C(\C(=C/C)c1sc(C(=O)NCC(C)(C)O)nc1C(=O)N1CCCC1C)C(F)(F)F)NCC(C)(C)C. The third kappa shape index (κ3) is 8.69. The Hall–Kier alpha value is -2.66. The molecule has 11 heteroatoms. The van der Waals surface area contributed by atoms with E-state index >= 15 is 0 Å². The summed E-state index contributed by atoms with van der Waals surface area (Å²) in [5.41, 5.74) is -2.78. The fourth-order valence-corrected chi connectivity index (χ4v) is 4.88. The summed E-state index contributed by atoms with van der Waals surface area (Å²) in [7, 11) is 0. The average molecular weight is 557 g/mol. The number of likely N-dealkylation sites (tertiary alicyclic amines) is 1. The van der Waals surface area contributed by atoms with Crippen LogP contribution < -0.4 is 10.6 Å². The Bertz CT molecular complexity index is 1110. The molecular weight excluding hydrogens is 517 g/mol. The Kier molecular flexibility index (Phi) is 9.99. The van der Waals surface area contributed by atoms with Crippen molar-refractivity contribution < 1.29 is 27.9 Å². The molecule has 1 aromatic heterocycles. The number of aromatic nitrogens is 1. The molecule has 0 aromatic carbocycles. The number of hydrogen-bond donors (Lipinski definition) is 3. The van der Waals surface area contributed by atoms with Crippen molar-refractivity contribution in [2.24, 2.45) is 5.41 Å². The Balaban J connectivity index is 2.60. The van der Waals surface area contributed by atoms with E-state index in [4.69, 9.17) is 0 Å². The van der Waals surface area contributed by atoms with E-state index in [1.165, 1.54) is 26.8 Å². The predicted octanol–water partition coefficient (Wildman–Crippen LogP) is 5.31. The number of carbonyl (C=O) groups excluding carboxylic acids is 2. The van der Waals surface area contributed by atoms with Gasteiger partial charge in [-0.2, -0.15) is 13.2 Å². The molecule has 0 spiro atoms. The number of alkyl halides is 3. The molecule has 1 aromatic rings. The molecule has 2 rings (SSSR count). The van der Waals surface area contributed by atoms with E-state index in [1.54, 1.807) is 4.90 Å². The zero-order valence-electron chi connectivity index (χ0n) is 23.2. The number of allylic oxidation sites excluding steroid dienone is 4. The highest BCUT2D eigenvalue weighted by molar-refractivity contribution is 7.15. The van der Waals surface area contributed by atoms with Crippen molar-refractivity contribution in [3.8, 4) is 0 Å². The van der Waals surface area contributed by atoms with Crippen molar-refractivity contribution in [3.63, 3.8) is 0 Å². The normalized spacial score (nSPS) is 17.6. The summed E-state index contributed by atoms with van der Waals surface area (Å²) in [5.74, 6) is -1.20. The van der Waals surface area contributed by atoms with Gasteiger partial charge in [-0.1, -0.05) is 33.4 Å². The molecule has 0 bridgehead atoms. The number of amides is 2. The minimum atomic E-state index is -4.78. The number of aliphatic hydroxyl groups is 1. The van der Waals surface area contributed by atoms with E-state index in [1.807, 2.05) is 27.7 Å². The summed E-state index contributed by atoms with van der Waals surface area (Å²) in [6, 6.07) is -0.0995. The number of rotatable bonds is 9. The minimum Gasteiger partial charge on any atom is -0.389 e. The van der Waals surface area contributed by atoms with Crippen LogP contribution in [0.25, 0.3) is 5.57 Å². The van der Waals surface area contributed by atoms with E-state index in [0.717, 1.165) is 18.9 Å². The Morgan fingerprint density at radius 3 is 2.29 bits per heavy atom. The first-order valence-electron chi connectivity index (χ1n) is 12.5. The highest BCUT2D eigenvalue weighted by Gasteiger charge is 2.40. The van der Waals surface area contributed by atoms with Gasteiger partial charge in [0.15, 0.2) is 5.01 Å². The van der Waals surface area contributed by atoms with Gasteiger partial charge in [0.2, 0.25) is 0 Å². The summed E-state index contributed by atoms with van der Waals surface area (Å²) >= 11 is 0.717. The standard InChI is InChI=1S/C27H39F3N4O3S/c1-9-18(19(27(28,29)30)13-16(2)31-14-25(4,5)6)21-20(24(36)34-12-10-11-17(34)3)33-23(38-21)22(35)32-15-26(7,8)37/h9,13,17,31,37H,2,10-12,14-15H2,1,3-8H3,(H,32,35)/b18-9+,19-13+.